The lowest BCUT2D eigenvalue weighted by atomic mass is 10.0. The van der Waals surface area contributed by atoms with Gasteiger partial charge in [-0.1, -0.05) is 0 Å². The number of amides is 1. The molecule has 0 bridgehead atoms. The first-order valence-electron chi connectivity index (χ1n) is 7.04. The highest BCUT2D eigenvalue weighted by Crippen LogP contribution is 2.20. The number of rotatable bonds is 4. The van der Waals surface area contributed by atoms with Crippen molar-refractivity contribution in [1.29, 1.82) is 0 Å². The monoisotopic (exact) mass is 347 g/mol. The maximum Gasteiger partial charge on any atom is 0.254 e. The van der Waals surface area contributed by atoms with Crippen molar-refractivity contribution < 1.29 is 13.2 Å². The third-order valence-corrected chi connectivity index (χ3v) is 5.27. The van der Waals surface area contributed by atoms with Crippen molar-refractivity contribution in [3.63, 3.8) is 0 Å². The van der Waals surface area contributed by atoms with Crippen molar-refractivity contribution in [2.24, 2.45) is 5.73 Å². The molecule has 1 aliphatic heterocycles. The average Bonchev–Trinajstić information content (AvgIpc) is 2.54. The Morgan fingerprint density at radius 3 is 2.50 bits per heavy atom. The zero-order valence-corrected chi connectivity index (χ0v) is 14.1. The van der Waals surface area contributed by atoms with Crippen LogP contribution in [0.1, 0.15) is 29.6 Å². The summed E-state index contributed by atoms with van der Waals surface area (Å²) < 4.78 is 25.6. The molecule has 1 amide bonds. The zero-order chi connectivity index (χ0) is 15.5. The second-order valence-corrected chi connectivity index (χ2v) is 7.00. The summed E-state index contributed by atoms with van der Waals surface area (Å²) in [6.45, 7) is 1.16. The molecule has 6 nitrogen and oxygen atoms in total. The standard InChI is InChI=1S/C14H21N3O3S.ClH/c1-16-21(19,20)13-7-5-11(6-8-13)14(18)17-9-3-2-4-12(17)10-15;/h5-8,12,16H,2-4,9-10,15H2,1H3;1H. The van der Waals surface area contributed by atoms with Crippen molar-refractivity contribution in [3.8, 4) is 0 Å². The summed E-state index contributed by atoms with van der Waals surface area (Å²) in [6.07, 6.45) is 2.99. The van der Waals surface area contributed by atoms with E-state index in [2.05, 4.69) is 4.72 Å². The van der Waals surface area contributed by atoms with Crippen LogP contribution in [0.15, 0.2) is 29.2 Å². The maximum atomic E-state index is 12.5. The van der Waals surface area contributed by atoms with E-state index in [1.54, 1.807) is 17.0 Å². The summed E-state index contributed by atoms with van der Waals surface area (Å²) in [6, 6.07) is 6.07. The minimum absolute atomic E-state index is 0. The number of carbonyl (C=O) groups is 1. The van der Waals surface area contributed by atoms with Gasteiger partial charge in [0, 0.05) is 24.7 Å². The van der Waals surface area contributed by atoms with Gasteiger partial charge in [0.15, 0.2) is 0 Å². The Balaban J connectivity index is 0.00000242. The van der Waals surface area contributed by atoms with Crippen LogP contribution in [0, 0.1) is 0 Å². The highest BCUT2D eigenvalue weighted by molar-refractivity contribution is 7.89. The van der Waals surface area contributed by atoms with E-state index in [4.69, 9.17) is 5.73 Å². The van der Waals surface area contributed by atoms with E-state index < -0.39 is 10.0 Å². The number of carbonyl (C=O) groups excluding carboxylic acids is 1. The van der Waals surface area contributed by atoms with Crippen LogP contribution < -0.4 is 10.5 Å². The SMILES string of the molecule is CNS(=O)(=O)c1ccc(C(=O)N2CCCCC2CN)cc1.Cl. The van der Waals surface area contributed by atoms with Gasteiger partial charge in [0.05, 0.1) is 4.90 Å². The van der Waals surface area contributed by atoms with Gasteiger partial charge in [-0.25, -0.2) is 13.1 Å². The summed E-state index contributed by atoms with van der Waals surface area (Å²) in [5.74, 6) is -0.0847. The Morgan fingerprint density at radius 1 is 1.32 bits per heavy atom. The van der Waals surface area contributed by atoms with Gasteiger partial charge in [0.25, 0.3) is 5.91 Å². The van der Waals surface area contributed by atoms with Crippen molar-refractivity contribution in [1.82, 2.24) is 9.62 Å². The van der Waals surface area contributed by atoms with E-state index in [0.29, 0.717) is 18.7 Å². The van der Waals surface area contributed by atoms with E-state index in [1.807, 2.05) is 0 Å². The van der Waals surface area contributed by atoms with Crippen molar-refractivity contribution in [2.75, 3.05) is 20.1 Å². The molecule has 1 aromatic carbocycles. The van der Waals surface area contributed by atoms with Gasteiger partial charge in [-0.3, -0.25) is 4.79 Å². The van der Waals surface area contributed by atoms with Gasteiger partial charge in [0.1, 0.15) is 0 Å². The molecule has 124 valence electrons. The number of nitrogens with one attached hydrogen (secondary N) is 1. The van der Waals surface area contributed by atoms with Gasteiger partial charge in [0.2, 0.25) is 10.0 Å². The van der Waals surface area contributed by atoms with Crippen LogP contribution in [0.4, 0.5) is 0 Å². The number of hydrogen-bond donors (Lipinski definition) is 2. The van der Waals surface area contributed by atoms with E-state index in [9.17, 15) is 13.2 Å². The molecule has 1 saturated heterocycles. The number of benzene rings is 1. The number of hydrogen-bond acceptors (Lipinski definition) is 4. The molecule has 0 aromatic heterocycles. The molecule has 8 heteroatoms. The molecule has 0 spiro atoms. The molecule has 1 aliphatic rings. The molecular formula is C14H22ClN3O3S. The number of sulfonamides is 1. The quantitative estimate of drug-likeness (QED) is 0.848. The van der Waals surface area contributed by atoms with Crippen LogP contribution >= 0.6 is 12.4 Å². The van der Waals surface area contributed by atoms with Crippen LogP contribution in [0.5, 0.6) is 0 Å². The molecule has 3 N–H and O–H groups in total. The minimum Gasteiger partial charge on any atom is -0.334 e. The first-order valence-corrected chi connectivity index (χ1v) is 8.52. The Hall–Kier alpha value is -1.15. The Labute approximate surface area is 137 Å². The highest BCUT2D eigenvalue weighted by Gasteiger charge is 2.26. The number of piperidine rings is 1. The predicted octanol–water partition coefficient (Wildman–Crippen LogP) is 0.970. The van der Waals surface area contributed by atoms with E-state index >= 15 is 0 Å². The van der Waals surface area contributed by atoms with Crippen molar-refractivity contribution in [3.05, 3.63) is 29.8 Å². The first-order chi connectivity index (χ1) is 9.99. The Morgan fingerprint density at radius 2 is 1.95 bits per heavy atom. The molecule has 1 aromatic rings. The second-order valence-electron chi connectivity index (χ2n) is 5.12. The van der Waals surface area contributed by atoms with Gasteiger partial charge in [-0.15, -0.1) is 12.4 Å². The van der Waals surface area contributed by atoms with Crippen LogP contribution in [0.3, 0.4) is 0 Å². The fraction of sp³-hybridized carbons (Fsp3) is 0.500. The third-order valence-electron chi connectivity index (χ3n) is 3.84. The Bertz CT molecular complexity index is 604. The lowest BCUT2D eigenvalue weighted by Gasteiger charge is -2.35. The minimum atomic E-state index is -3.48. The second kappa shape index (κ2) is 7.92. The molecule has 1 atom stereocenters. The summed E-state index contributed by atoms with van der Waals surface area (Å²) >= 11 is 0. The van der Waals surface area contributed by atoms with E-state index in [1.165, 1.54) is 19.2 Å². The van der Waals surface area contributed by atoms with Crippen LogP contribution in [-0.4, -0.2) is 45.4 Å². The summed E-state index contributed by atoms with van der Waals surface area (Å²) in [4.78, 5) is 14.5. The number of halogens is 1. The molecule has 0 aliphatic carbocycles. The molecule has 1 fully saturated rings. The van der Waals surface area contributed by atoms with Gasteiger partial charge < -0.3 is 10.6 Å². The summed E-state index contributed by atoms with van der Waals surface area (Å²) in [7, 11) is -2.12. The molecule has 22 heavy (non-hydrogen) atoms. The summed E-state index contributed by atoms with van der Waals surface area (Å²) in [5, 5.41) is 0. The maximum absolute atomic E-state index is 12.5. The molecule has 0 radical (unpaired) electrons. The third kappa shape index (κ3) is 3.98. The Kier molecular flexibility index (Phi) is 6.80. The average molecular weight is 348 g/mol. The van der Waals surface area contributed by atoms with Gasteiger partial charge in [-0.05, 0) is 50.6 Å². The lowest BCUT2D eigenvalue weighted by molar-refractivity contribution is 0.0623. The molecule has 0 saturated carbocycles. The molecular weight excluding hydrogens is 326 g/mol. The smallest absolute Gasteiger partial charge is 0.254 e. The van der Waals surface area contributed by atoms with Crippen LogP contribution in [0.2, 0.25) is 0 Å². The number of nitrogens with zero attached hydrogens (tertiary/aromatic N) is 1. The topological polar surface area (TPSA) is 92.5 Å². The normalized spacial score (nSPS) is 18.6. The predicted molar refractivity (Wildman–Crippen MR) is 87.7 cm³/mol. The summed E-state index contributed by atoms with van der Waals surface area (Å²) in [5.41, 5.74) is 6.22. The fourth-order valence-corrected chi connectivity index (χ4v) is 3.30. The molecule has 2 rings (SSSR count). The van der Waals surface area contributed by atoms with Crippen LogP contribution in [0.25, 0.3) is 0 Å². The van der Waals surface area contributed by atoms with Crippen molar-refractivity contribution >= 4 is 28.3 Å². The number of likely N-dealkylation sites (tertiary alicyclic amines) is 1. The van der Waals surface area contributed by atoms with E-state index in [0.717, 1.165) is 19.3 Å². The van der Waals surface area contributed by atoms with Gasteiger partial charge >= 0.3 is 0 Å². The van der Waals surface area contributed by atoms with Crippen LogP contribution in [-0.2, 0) is 10.0 Å². The molecule has 1 heterocycles. The van der Waals surface area contributed by atoms with Crippen molar-refractivity contribution in [2.45, 2.75) is 30.2 Å². The number of nitrogens with two attached hydrogens (primary N) is 1. The largest absolute Gasteiger partial charge is 0.334 e. The zero-order valence-electron chi connectivity index (χ0n) is 12.5. The fourth-order valence-electron chi connectivity index (χ4n) is 2.57. The lowest BCUT2D eigenvalue weighted by Crippen LogP contribution is -2.47. The van der Waals surface area contributed by atoms with Gasteiger partial charge in [-0.2, -0.15) is 0 Å². The molecule has 1 unspecified atom stereocenters. The van der Waals surface area contributed by atoms with E-state index in [-0.39, 0.29) is 29.3 Å². The first kappa shape index (κ1) is 18.9. The highest BCUT2D eigenvalue weighted by atomic mass is 35.5.